The molecule has 0 radical (unpaired) electrons. The third kappa shape index (κ3) is 11.8. The molecular weight excluding hydrogens is 498 g/mol. The van der Waals surface area contributed by atoms with Crippen LogP contribution in [0.4, 0.5) is 10.1 Å². The first-order valence-corrected chi connectivity index (χ1v) is 12.5. The monoisotopic (exact) mass is 538 g/mol. The van der Waals surface area contributed by atoms with Gasteiger partial charge in [0.1, 0.15) is 6.17 Å². The summed E-state index contributed by atoms with van der Waals surface area (Å²) in [6.45, 7) is 12.7. The maximum atomic E-state index is 12.1. The van der Waals surface area contributed by atoms with Gasteiger partial charge in [-0.1, -0.05) is 55.6 Å². The zero-order chi connectivity index (χ0) is 27.9. The van der Waals surface area contributed by atoms with Crippen molar-refractivity contribution in [1.82, 2.24) is 10.2 Å². The molecule has 7 N–H and O–H groups in total. The first-order chi connectivity index (χ1) is 18.3. The van der Waals surface area contributed by atoms with Gasteiger partial charge in [0.05, 0.1) is 11.7 Å². The van der Waals surface area contributed by atoms with Gasteiger partial charge in [-0.05, 0) is 49.2 Å². The van der Waals surface area contributed by atoms with Crippen LogP contribution in [0.15, 0.2) is 91.7 Å². The van der Waals surface area contributed by atoms with Crippen molar-refractivity contribution in [2.75, 3.05) is 25.6 Å². The van der Waals surface area contributed by atoms with Crippen LogP contribution in [-0.2, 0) is 0 Å². The largest absolute Gasteiger partial charge is 1.00 e. The molecule has 0 aliphatic carbocycles. The Bertz CT molecular complexity index is 1150. The van der Waals surface area contributed by atoms with Crippen LogP contribution in [0.5, 0.6) is 0 Å². The Morgan fingerprint density at radius 1 is 1.13 bits per heavy atom. The Labute approximate surface area is 255 Å². The number of rotatable bonds is 8. The number of alkyl halides is 1. The minimum atomic E-state index is -0.551. The molecule has 8 heteroatoms. The second-order valence-corrected chi connectivity index (χ2v) is 9.09. The summed E-state index contributed by atoms with van der Waals surface area (Å²) in [5.74, 6) is 5.24. The molecule has 3 aromatic carbocycles. The van der Waals surface area contributed by atoms with Gasteiger partial charge in [0, 0.05) is 30.6 Å². The molecule has 0 spiro atoms. The van der Waals surface area contributed by atoms with Gasteiger partial charge in [0.15, 0.2) is 0 Å². The Kier molecular flexibility index (Phi) is 16.1. The summed E-state index contributed by atoms with van der Waals surface area (Å²) in [5, 5.41) is 10.5. The van der Waals surface area contributed by atoms with Gasteiger partial charge in [-0.3, -0.25) is 5.84 Å². The summed E-state index contributed by atoms with van der Waals surface area (Å²) in [6, 6.07) is 24.2. The number of allylic oxidation sites excluding steroid dienone is 1. The van der Waals surface area contributed by atoms with E-state index in [4.69, 9.17) is 17.0 Å². The zero-order valence-electron chi connectivity index (χ0n) is 23.3. The van der Waals surface area contributed by atoms with Crippen LogP contribution in [0.1, 0.15) is 47.2 Å². The van der Waals surface area contributed by atoms with E-state index in [2.05, 4.69) is 48.2 Å². The van der Waals surface area contributed by atoms with Crippen molar-refractivity contribution < 1.29 is 33.9 Å². The fourth-order valence-corrected chi connectivity index (χ4v) is 3.89. The van der Waals surface area contributed by atoms with Crippen LogP contribution < -0.4 is 51.9 Å². The van der Waals surface area contributed by atoms with E-state index < -0.39 is 6.17 Å². The Morgan fingerprint density at radius 3 is 2.21 bits per heavy atom. The molecule has 0 amide bonds. The number of halogens is 1. The van der Waals surface area contributed by atoms with Gasteiger partial charge in [-0.2, -0.15) is 17.7 Å². The first-order valence-electron chi connectivity index (χ1n) is 12.5. The molecule has 0 bridgehead atoms. The molecule has 1 heterocycles. The van der Waals surface area contributed by atoms with Crippen LogP contribution in [0, 0.1) is 12.0 Å². The molecule has 0 saturated carbocycles. The van der Waals surface area contributed by atoms with Crippen molar-refractivity contribution in [2.24, 2.45) is 11.6 Å². The summed E-state index contributed by atoms with van der Waals surface area (Å²) in [6.07, 6.45) is 3.16. The van der Waals surface area contributed by atoms with Gasteiger partial charge >= 0.3 is 29.6 Å². The molecule has 1 aliphatic rings. The van der Waals surface area contributed by atoms with Crippen molar-refractivity contribution in [2.45, 2.75) is 25.6 Å². The van der Waals surface area contributed by atoms with Crippen molar-refractivity contribution in [3.8, 4) is 0 Å². The first kappa shape index (κ1) is 34.1. The van der Waals surface area contributed by atoms with E-state index in [1.165, 1.54) is 17.3 Å². The Balaban J connectivity index is 0.000000324. The van der Waals surface area contributed by atoms with Crippen molar-refractivity contribution >= 4 is 18.0 Å². The van der Waals surface area contributed by atoms with Gasteiger partial charge < -0.3 is 26.8 Å². The van der Waals surface area contributed by atoms with Gasteiger partial charge in [-0.15, -0.1) is 18.7 Å². The molecule has 202 valence electrons. The second-order valence-electron chi connectivity index (χ2n) is 9.09. The third-order valence-corrected chi connectivity index (χ3v) is 5.94. The van der Waals surface area contributed by atoms with Gasteiger partial charge in [-0.25, -0.2) is 4.39 Å². The van der Waals surface area contributed by atoms with Crippen LogP contribution in [0.2, 0.25) is 0 Å². The predicted octanol–water partition coefficient (Wildman–Crippen LogP) is 2.64. The molecule has 1 saturated heterocycles. The molecule has 4 rings (SSSR count). The number of nitrogens with one attached hydrogen (secondary N) is 3. The average molecular weight is 539 g/mol. The van der Waals surface area contributed by atoms with Crippen molar-refractivity contribution in [3.63, 3.8) is 0 Å². The number of nitrogen functional groups attached to an aromatic ring is 1. The van der Waals surface area contributed by atoms with E-state index in [9.17, 15) is 4.39 Å². The number of benzene rings is 3. The minimum Gasteiger partial charge on any atom is -0.378 e. The Morgan fingerprint density at radius 2 is 1.77 bits per heavy atom. The van der Waals surface area contributed by atoms with E-state index in [-0.39, 0.29) is 35.6 Å². The number of hydrazine groups is 1. The summed E-state index contributed by atoms with van der Waals surface area (Å²) in [4.78, 5) is 2.00. The minimum absolute atomic E-state index is 0. The van der Waals surface area contributed by atoms with Crippen molar-refractivity contribution in [1.29, 1.82) is 5.41 Å². The van der Waals surface area contributed by atoms with Crippen LogP contribution in [0.3, 0.4) is 0 Å². The molecular formula is C31H40FN6Na. The number of nitrogens with zero attached hydrogens (tertiary/aromatic N) is 1. The SMILES string of the molecule is C=C(C)NC(c1ccccc1)c1ccc([CH-]N)cc1.C=Cc1ccc(NN)c(C=N)c1.CN1CCC(F)C1.[Na+]. The molecule has 1 aliphatic heterocycles. The summed E-state index contributed by atoms with van der Waals surface area (Å²) in [7, 11) is 1.94. The summed E-state index contributed by atoms with van der Waals surface area (Å²) >= 11 is 0. The molecule has 39 heavy (non-hydrogen) atoms. The van der Waals surface area contributed by atoms with Gasteiger partial charge in [0.2, 0.25) is 0 Å². The van der Waals surface area contributed by atoms with E-state index in [1.54, 1.807) is 12.6 Å². The van der Waals surface area contributed by atoms with E-state index in [1.807, 2.05) is 67.4 Å². The van der Waals surface area contributed by atoms with Gasteiger partial charge in [0.25, 0.3) is 0 Å². The number of anilines is 1. The molecule has 1 fully saturated rings. The van der Waals surface area contributed by atoms with Crippen molar-refractivity contribution in [3.05, 3.63) is 126 Å². The molecule has 3 aromatic rings. The average Bonchev–Trinajstić information content (AvgIpc) is 3.34. The fourth-order valence-electron chi connectivity index (χ4n) is 3.89. The summed E-state index contributed by atoms with van der Waals surface area (Å²) in [5.41, 5.74) is 14.9. The maximum Gasteiger partial charge on any atom is 1.00 e. The molecule has 0 aromatic heterocycles. The fraction of sp³-hybridized carbons (Fsp3) is 0.226. The van der Waals surface area contributed by atoms with Crippen LogP contribution >= 0.6 is 0 Å². The number of likely N-dealkylation sites (tertiary alicyclic amines) is 1. The Hall–Kier alpha value is -2.91. The quantitative estimate of drug-likeness (QED) is 0.0998. The van der Waals surface area contributed by atoms with Crippen LogP contribution in [0.25, 0.3) is 6.08 Å². The smallest absolute Gasteiger partial charge is 0.378 e. The summed E-state index contributed by atoms with van der Waals surface area (Å²) < 4.78 is 12.1. The normalized spacial score (nSPS) is 14.6. The topological polar surface area (TPSA) is 103 Å². The molecule has 2 atom stereocenters. The zero-order valence-corrected chi connectivity index (χ0v) is 25.3. The molecule has 2 unspecified atom stereocenters. The second kappa shape index (κ2) is 18.4. The number of hydrogen-bond donors (Lipinski definition) is 5. The number of hydrogen-bond acceptors (Lipinski definition) is 6. The van der Waals surface area contributed by atoms with E-state index in [0.717, 1.165) is 41.0 Å². The standard InChI is InChI=1S/C17H19N2.C9H11N3.C5H10FN.Na/c1-13(2)19-17(15-6-4-3-5-7-15)16-10-8-14(12-18)9-11-16;1-2-7-3-4-9(12-11)8(5-7)6-10;1-7-3-2-5(6)4-7;/h3-12,17,19H,1,18H2,2H3;2-6,10,12H,1,11H2;5H,2-4H2,1H3;/q-1;;;+1. The van der Waals surface area contributed by atoms with E-state index in [0.29, 0.717) is 6.54 Å². The van der Waals surface area contributed by atoms with Crippen LogP contribution in [-0.4, -0.2) is 37.4 Å². The predicted molar refractivity (Wildman–Crippen MR) is 160 cm³/mol. The number of nitrogens with two attached hydrogens (primary N) is 2. The van der Waals surface area contributed by atoms with E-state index >= 15 is 0 Å². The third-order valence-electron chi connectivity index (χ3n) is 5.94. The molecule has 6 nitrogen and oxygen atoms in total. The maximum absolute atomic E-state index is 12.1.